The molecule has 0 fully saturated rings. The van der Waals surface area contributed by atoms with Crippen molar-refractivity contribution >= 4 is 11.6 Å². The van der Waals surface area contributed by atoms with Crippen LogP contribution >= 0.6 is 11.6 Å². The Balaban J connectivity index is 1.88. The van der Waals surface area contributed by atoms with Crippen LogP contribution in [0.15, 0.2) is 30.5 Å². The van der Waals surface area contributed by atoms with Crippen LogP contribution in [-0.2, 0) is 24.7 Å². The number of nitrogens with zero attached hydrogens (tertiary/aromatic N) is 2. The zero-order chi connectivity index (χ0) is 18.0. The molecule has 0 aliphatic heterocycles. The highest BCUT2D eigenvalue weighted by molar-refractivity contribution is 6.31. The molecule has 0 aliphatic rings. The van der Waals surface area contributed by atoms with E-state index in [1.807, 2.05) is 12.1 Å². The summed E-state index contributed by atoms with van der Waals surface area (Å²) in [5, 5.41) is 6.44. The Morgan fingerprint density at radius 3 is 2.29 bits per heavy atom. The third-order valence-electron chi connectivity index (χ3n) is 3.71. The highest BCUT2D eigenvalue weighted by atomic mass is 35.5. The summed E-state index contributed by atoms with van der Waals surface area (Å²) in [4.78, 5) is 0. The molecule has 3 nitrogen and oxygen atoms in total. The molecule has 0 atom stereocenters. The van der Waals surface area contributed by atoms with Crippen LogP contribution in [0.5, 0.6) is 0 Å². The average Bonchev–Trinajstić information content (AvgIpc) is 2.84. The lowest BCUT2D eigenvalue weighted by molar-refractivity contribution is -0.144. The van der Waals surface area contributed by atoms with Gasteiger partial charge in [0.1, 0.15) is 0 Å². The first-order chi connectivity index (χ1) is 11.1. The smallest absolute Gasteiger partial charge is 0.311 e. The summed E-state index contributed by atoms with van der Waals surface area (Å²) in [5.74, 6) is 0. The number of alkyl halides is 3. The van der Waals surface area contributed by atoms with E-state index in [9.17, 15) is 13.2 Å². The van der Waals surface area contributed by atoms with E-state index in [2.05, 4.69) is 43.3 Å². The lowest BCUT2D eigenvalue weighted by Crippen LogP contribution is -2.23. The maximum atomic E-state index is 12.9. The third-order valence-corrected chi connectivity index (χ3v) is 3.99. The van der Waals surface area contributed by atoms with E-state index >= 15 is 0 Å². The summed E-state index contributed by atoms with van der Waals surface area (Å²) in [5.41, 5.74) is 1.52. The van der Waals surface area contributed by atoms with E-state index < -0.39 is 11.9 Å². The second-order valence-corrected chi connectivity index (χ2v) is 7.09. The highest BCUT2D eigenvalue weighted by Crippen LogP contribution is 2.34. The number of aromatic nitrogens is 2. The van der Waals surface area contributed by atoms with Crippen molar-refractivity contribution in [3.63, 3.8) is 0 Å². The molecule has 1 N–H and O–H groups in total. The van der Waals surface area contributed by atoms with E-state index in [4.69, 9.17) is 11.6 Å². The minimum atomic E-state index is -4.50. The minimum absolute atomic E-state index is 0.0965. The molecule has 0 unspecified atom stereocenters. The lowest BCUT2D eigenvalue weighted by atomic mass is 9.87. The molecular formula is C17H21ClF3N3. The van der Waals surface area contributed by atoms with Gasteiger partial charge in [0, 0.05) is 13.1 Å². The Kier molecular flexibility index (Phi) is 5.60. The number of hydrogen-bond donors (Lipinski definition) is 1. The van der Waals surface area contributed by atoms with Crippen molar-refractivity contribution in [3.05, 3.63) is 52.3 Å². The largest absolute Gasteiger partial charge is 0.434 e. The van der Waals surface area contributed by atoms with Gasteiger partial charge in [0.15, 0.2) is 5.69 Å². The van der Waals surface area contributed by atoms with Crippen molar-refractivity contribution in [2.24, 2.45) is 0 Å². The van der Waals surface area contributed by atoms with Gasteiger partial charge in [-0.15, -0.1) is 0 Å². The first-order valence-electron chi connectivity index (χ1n) is 7.67. The fourth-order valence-electron chi connectivity index (χ4n) is 2.35. The van der Waals surface area contributed by atoms with E-state index in [1.165, 1.54) is 5.56 Å². The molecule has 0 aliphatic carbocycles. The summed E-state index contributed by atoms with van der Waals surface area (Å²) in [6, 6.07) is 8.21. The first-order valence-corrected chi connectivity index (χ1v) is 8.05. The average molecular weight is 360 g/mol. The molecule has 1 heterocycles. The maximum absolute atomic E-state index is 12.9. The van der Waals surface area contributed by atoms with Gasteiger partial charge in [0.05, 0.1) is 17.8 Å². The molecule has 0 saturated carbocycles. The van der Waals surface area contributed by atoms with Gasteiger partial charge in [-0.1, -0.05) is 56.6 Å². The number of rotatable bonds is 5. The minimum Gasteiger partial charge on any atom is -0.311 e. The van der Waals surface area contributed by atoms with Gasteiger partial charge < -0.3 is 5.32 Å². The molecule has 0 amide bonds. The predicted molar refractivity (Wildman–Crippen MR) is 89.1 cm³/mol. The van der Waals surface area contributed by atoms with E-state index in [0.717, 1.165) is 16.4 Å². The zero-order valence-electron chi connectivity index (χ0n) is 13.9. The van der Waals surface area contributed by atoms with Gasteiger partial charge in [-0.2, -0.15) is 18.3 Å². The van der Waals surface area contributed by atoms with Crippen molar-refractivity contribution in [3.8, 4) is 0 Å². The Labute approximate surface area is 144 Å². The lowest BCUT2D eigenvalue weighted by Gasteiger charge is -2.19. The van der Waals surface area contributed by atoms with E-state index in [1.54, 1.807) is 0 Å². The number of nitrogens with one attached hydrogen (secondary N) is 1. The van der Waals surface area contributed by atoms with Crippen molar-refractivity contribution in [1.82, 2.24) is 15.1 Å². The summed E-state index contributed by atoms with van der Waals surface area (Å²) in [6.45, 7) is 7.49. The third kappa shape index (κ3) is 4.74. The second-order valence-electron chi connectivity index (χ2n) is 6.69. The van der Waals surface area contributed by atoms with Crippen LogP contribution in [0.2, 0.25) is 5.02 Å². The quantitative estimate of drug-likeness (QED) is 0.788. The summed E-state index contributed by atoms with van der Waals surface area (Å²) >= 11 is 5.57. The van der Waals surface area contributed by atoms with Crippen molar-refractivity contribution in [2.75, 3.05) is 6.54 Å². The molecule has 1 aromatic heterocycles. The Bertz CT molecular complexity index is 670. The van der Waals surface area contributed by atoms with Crippen molar-refractivity contribution < 1.29 is 13.2 Å². The van der Waals surface area contributed by atoms with Crippen LogP contribution in [0.25, 0.3) is 0 Å². The molecular weight excluding hydrogens is 339 g/mol. The van der Waals surface area contributed by atoms with Crippen LogP contribution in [0.3, 0.4) is 0 Å². The number of benzene rings is 1. The fourth-order valence-corrected chi connectivity index (χ4v) is 2.60. The monoisotopic (exact) mass is 359 g/mol. The molecule has 7 heteroatoms. The molecule has 0 saturated heterocycles. The molecule has 0 spiro atoms. The van der Waals surface area contributed by atoms with Crippen LogP contribution in [-0.4, -0.2) is 16.3 Å². The van der Waals surface area contributed by atoms with Gasteiger partial charge in [-0.3, -0.25) is 4.68 Å². The van der Waals surface area contributed by atoms with Gasteiger partial charge in [0.2, 0.25) is 0 Å². The molecule has 0 radical (unpaired) electrons. The first kappa shape index (κ1) is 18.8. The summed E-state index contributed by atoms with van der Waals surface area (Å²) < 4.78 is 39.5. The maximum Gasteiger partial charge on any atom is 0.434 e. The van der Waals surface area contributed by atoms with Gasteiger partial charge in [-0.25, -0.2) is 0 Å². The van der Waals surface area contributed by atoms with Gasteiger partial charge in [0.25, 0.3) is 0 Å². The number of halogens is 4. The zero-order valence-corrected chi connectivity index (χ0v) is 14.7. The molecule has 0 bridgehead atoms. The highest BCUT2D eigenvalue weighted by Gasteiger charge is 2.37. The van der Waals surface area contributed by atoms with Crippen LogP contribution in [0.1, 0.15) is 37.6 Å². The van der Waals surface area contributed by atoms with Gasteiger partial charge in [-0.05, 0) is 16.5 Å². The summed E-state index contributed by atoms with van der Waals surface area (Å²) in [7, 11) is 0. The fraction of sp³-hybridized carbons (Fsp3) is 0.471. The Morgan fingerprint density at radius 1 is 1.12 bits per heavy atom. The predicted octanol–water partition coefficient (Wildman–Crippen LogP) is 4.64. The Morgan fingerprint density at radius 2 is 1.75 bits per heavy atom. The van der Waals surface area contributed by atoms with E-state index in [-0.39, 0.29) is 17.0 Å². The van der Waals surface area contributed by atoms with Crippen LogP contribution in [0.4, 0.5) is 13.2 Å². The molecule has 2 aromatic rings. The van der Waals surface area contributed by atoms with Gasteiger partial charge >= 0.3 is 6.18 Å². The van der Waals surface area contributed by atoms with Crippen LogP contribution in [0, 0.1) is 0 Å². The van der Waals surface area contributed by atoms with Crippen molar-refractivity contribution in [1.29, 1.82) is 0 Å². The standard InChI is InChI=1S/C17H21ClF3N3/c1-16(2,3)13-6-4-12(5-7-13)10-22-8-9-24-15(17(19,20)21)14(18)11-23-24/h4-7,11,22H,8-10H2,1-3H3. The molecule has 2 rings (SSSR count). The van der Waals surface area contributed by atoms with Crippen LogP contribution < -0.4 is 5.32 Å². The Hall–Kier alpha value is -1.53. The summed E-state index contributed by atoms with van der Waals surface area (Å²) in [6.07, 6.45) is -3.48. The SMILES string of the molecule is CC(C)(C)c1ccc(CNCCn2ncc(Cl)c2C(F)(F)F)cc1. The molecule has 24 heavy (non-hydrogen) atoms. The van der Waals surface area contributed by atoms with Crippen molar-refractivity contribution in [2.45, 2.75) is 45.5 Å². The topological polar surface area (TPSA) is 29.9 Å². The normalized spacial score (nSPS) is 12.6. The second kappa shape index (κ2) is 7.15. The van der Waals surface area contributed by atoms with E-state index in [0.29, 0.717) is 13.1 Å². The molecule has 132 valence electrons. The number of hydrogen-bond acceptors (Lipinski definition) is 2. The molecule has 1 aromatic carbocycles.